The van der Waals surface area contributed by atoms with Crippen LogP contribution in [0.25, 0.3) is 6.08 Å². The van der Waals surface area contributed by atoms with E-state index in [1.54, 1.807) is 4.90 Å². The van der Waals surface area contributed by atoms with Crippen LogP contribution in [0.4, 0.5) is 0 Å². The van der Waals surface area contributed by atoms with Crippen molar-refractivity contribution >= 4 is 40.3 Å². The zero-order valence-corrected chi connectivity index (χ0v) is 11.4. The van der Waals surface area contributed by atoms with Gasteiger partial charge in [-0.2, -0.15) is 0 Å². The topological polar surface area (TPSA) is 20.3 Å². The van der Waals surface area contributed by atoms with Gasteiger partial charge < -0.3 is 0 Å². The van der Waals surface area contributed by atoms with Gasteiger partial charge in [0.1, 0.15) is 4.32 Å². The number of thiocarbonyl (C=S) groups is 1. The lowest BCUT2D eigenvalue weighted by molar-refractivity contribution is -0.121. The molecule has 0 N–H and O–H groups in total. The summed E-state index contributed by atoms with van der Waals surface area (Å²) in [5.74, 6) is 0.0192. The molecule has 1 heterocycles. The van der Waals surface area contributed by atoms with Gasteiger partial charge in [0.15, 0.2) is 0 Å². The Bertz CT molecular complexity index is 508. The van der Waals surface area contributed by atoms with Crippen LogP contribution in [0.1, 0.15) is 18.1 Å². The van der Waals surface area contributed by atoms with E-state index in [2.05, 4.69) is 0 Å². The van der Waals surface area contributed by atoms with E-state index in [0.717, 1.165) is 11.1 Å². The van der Waals surface area contributed by atoms with Gasteiger partial charge in [0.2, 0.25) is 0 Å². The number of aryl methyl sites for hydroxylation is 1. The number of nitrogens with zero attached hydrogens (tertiary/aromatic N) is 1. The number of thioether (sulfide) groups is 1. The van der Waals surface area contributed by atoms with Gasteiger partial charge in [0.05, 0.1) is 4.91 Å². The van der Waals surface area contributed by atoms with Gasteiger partial charge in [-0.05, 0) is 31.1 Å². The Kier molecular flexibility index (Phi) is 3.64. The maximum Gasteiger partial charge on any atom is 0.266 e. The Morgan fingerprint density at radius 2 is 2.12 bits per heavy atom. The molecule has 1 aliphatic rings. The fraction of sp³-hybridized carbons (Fsp3) is 0.231. The lowest BCUT2D eigenvalue weighted by Gasteiger charge is -2.09. The molecule has 0 saturated carbocycles. The molecule has 0 radical (unpaired) electrons. The number of benzene rings is 1. The van der Waals surface area contributed by atoms with E-state index in [0.29, 0.717) is 15.8 Å². The van der Waals surface area contributed by atoms with Gasteiger partial charge in [0.25, 0.3) is 5.91 Å². The summed E-state index contributed by atoms with van der Waals surface area (Å²) in [5, 5.41) is 0. The molecule has 17 heavy (non-hydrogen) atoms. The molecular formula is C13H13NOS2. The summed E-state index contributed by atoms with van der Waals surface area (Å²) in [6.45, 7) is 4.60. The molecule has 1 fully saturated rings. The van der Waals surface area contributed by atoms with Crippen molar-refractivity contribution in [1.29, 1.82) is 0 Å². The first-order valence-electron chi connectivity index (χ1n) is 5.44. The highest BCUT2D eigenvalue weighted by molar-refractivity contribution is 8.26. The second-order valence-electron chi connectivity index (χ2n) is 3.78. The molecule has 2 nitrogen and oxygen atoms in total. The number of carbonyl (C=O) groups excluding carboxylic acids is 1. The predicted octanol–water partition coefficient (Wildman–Crippen LogP) is 3.22. The van der Waals surface area contributed by atoms with E-state index in [-0.39, 0.29) is 5.91 Å². The minimum absolute atomic E-state index is 0.0192. The standard InChI is InChI=1S/C13H13NOS2/c1-3-14-12(15)11(17-13(14)16)8-10-7-5-4-6-9(10)2/h4-8H,3H2,1-2H3/b11-8-. The zero-order chi connectivity index (χ0) is 12.4. The predicted molar refractivity (Wildman–Crippen MR) is 76.7 cm³/mol. The largest absolute Gasteiger partial charge is 0.293 e. The average Bonchev–Trinajstić information content (AvgIpc) is 2.57. The Morgan fingerprint density at radius 3 is 2.71 bits per heavy atom. The molecule has 1 aliphatic heterocycles. The van der Waals surface area contributed by atoms with Gasteiger partial charge in [-0.3, -0.25) is 9.69 Å². The van der Waals surface area contributed by atoms with E-state index in [4.69, 9.17) is 12.2 Å². The highest BCUT2D eigenvalue weighted by atomic mass is 32.2. The molecule has 2 rings (SSSR count). The Morgan fingerprint density at radius 1 is 1.41 bits per heavy atom. The Hall–Kier alpha value is -1.13. The van der Waals surface area contributed by atoms with E-state index < -0.39 is 0 Å². The van der Waals surface area contributed by atoms with Crippen LogP contribution in [0.5, 0.6) is 0 Å². The Balaban J connectivity index is 2.34. The molecule has 0 bridgehead atoms. The van der Waals surface area contributed by atoms with Crippen LogP contribution in [0.3, 0.4) is 0 Å². The van der Waals surface area contributed by atoms with Crippen LogP contribution in [-0.2, 0) is 4.79 Å². The maximum atomic E-state index is 12.0. The smallest absolute Gasteiger partial charge is 0.266 e. The fourth-order valence-electron chi connectivity index (χ4n) is 1.66. The lowest BCUT2D eigenvalue weighted by atomic mass is 10.1. The third-order valence-corrected chi connectivity index (χ3v) is 4.04. The van der Waals surface area contributed by atoms with Gasteiger partial charge in [-0.1, -0.05) is 48.2 Å². The van der Waals surface area contributed by atoms with Gasteiger partial charge in [-0.25, -0.2) is 0 Å². The summed E-state index contributed by atoms with van der Waals surface area (Å²) in [4.78, 5) is 14.4. The first-order chi connectivity index (χ1) is 8.13. The summed E-state index contributed by atoms with van der Waals surface area (Å²) in [6, 6.07) is 8.00. The molecule has 0 aromatic heterocycles. The fourth-order valence-corrected chi connectivity index (χ4v) is 3.04. The Labute approximate surface area is 111 Å². The molecular weight excluding hydrogens is 250 g/mol. The highest BCUT2D eigenvalue weighted by Gasteiger charge is 2.30. The first-order valence-corrected chi connectivity index (χ1v) is 6.67. The van der Waals surface area contributed by atoms with Crippen molar-refractivity contribution in [3.63, 3.8) is 0 Å². The number of amides is 1. The molecule has 4 heteroatoms. The third-order valence-electron chi connectivity index (χ3n) is 2.66. The molecule has 0 unspecified atom stereocenters. The molecule has 0 aliphatic carbocycles. The van der Waals surface area contributed by atoms with Gasteiger partial charge in [-0.15, -0.1) is 0 Å². The first kappa shape index (κ1) is 12.3. The number of rotatable bonds is 2. The van der Waals surface area contributed by atoms with Gasteiger partial charge >= 0.3 is 0 Å². The molecule has 1 amide bonds. The van der Waals surface area contributed by atoms with Crippen molar-refractivity contribution in [2.45, 2.75) is 13.8 Å². The molecule has 0 spiro atoms. The van der Waals surface area contributed by atoms with Crippen molar-refractivity contribution in [2.75, 3.05) is 6.54 Å². The third kappa shape index (κ3) is 2.42. The summed E-state index contributed by atoms with van der Waals surface area (Å²) < 4.78 is 0.650. The number of likely N-dealkylation sites (N-methyl/N-ethyl adjacent to an activating group) is 1. The van der Waals surface area contributed by atoms with Crippen LogP contribution in [0, 0.1) is 6.92 Å². The molecule has 1 saturated heterocycles. The van der Waals surface area contributed by atoms with Crippen molar-refractivity contribution in [1.82, 2.24) is 4.90 Å². The normalized spacial score (nSPS) is 18.2. The van der Waals surface area contributed by atoms with Crippen LogP contribution in [0.2, 0.25) is 0 Å². The highest BCUT2D eigenvalue weighted by Crippen LogP contribution is 2.32. The van der Waals surface area contributed by atoms with Crippen LogP contribution in [0.15, 0.2) is 29.2 Å². The monoisotopic (exact) mass is 263 g/mol. The van der Waals surface area contributed by atoms with Crippen LogP contribution >= 0.6 is 24.0 Å². The van der Waals surface area contributed by atoms with Crippen LogP contribution < -0.4 is 0 Å². The quantitative estimate of drug-likeness (QED) is 0.603. The number of carbonyl (C=O) groups is 1. The van der Waals surface area contributed by atoms with Crippen molar-refractivity contribution in [3.8, 4) is 0 Å². The minimum Gasteiger partial charge on any atom is -0.293 e. The van der Waals surface area contributed by atoms with E-state index in [1.807, 2.05) is 44.2 Å². The molecule has 1 aromatic rings. The zero-order valence-electron chi connectivity index (χ0n) is 9.77. The summed E-state index contributed by atoms with van der Waals surface area (Å²) in [5.41, 5.74) is 2.23. The molecule has 0 atom stereocenters. The summed E-state index contributed by atoms with van der Waals surface area (Å²) >= 11 is 6.55. The minimum atomic E-state index is 0.0192. The molecule has 1 aromatic carbocycles. The van der Waals surface area contributed by atoms with Crippen LogP contribution in [-0.4, -0.2) is 21.7 Å². The summed E-state index contributed by atoms with van der Waals surface area (Å²) in [7, 11) is 0. The summed E-state index contributed by atoms with van der Waals surface area (Å²) in [6.07, 6.45) is 1.92. The average molecular weight is 263 g/mol. The van der Waals surface area contributed by atoms with E-state index in [1.165, 1.54) is 11.8 Å². The van der Waals surface area contributed by atoms with Crippen molar-refractivity contribution in [2.24, 2.45) is 0 Å². The number of hydrogen-bond donors (Lipinski definition) is 0. The maximum absolute atomic E-state index is 12.0. The van der Waals surface area contributed by atoms with Gasteiger partial charge in [0, 0.05) is 6.54 Å². The second-order valence-corrected chi connectivity index (χ2v) is 5.46. The SMILES string of the molecule is CCN1C(=O)/C(=C/c2ccccc2C)SC1=S. The van der Waals surface area contributed by atoms with Crippen molar-refractivity contribution in [3.05, 3.63) is 40.3 Å². The van der Waals surface area contributed by atoms with E-state index >= 15 is 0 Å². The molecule has 88 valence electrons. The van der Waals surface area contributed by atoms with E-state index in [9.17, 15) is 4.79 Å². The lowest BCUT2D eigenvalue weighted by Crippen LogP contribution is -2.27. The second kappa shape index (κ2) is 5.02. The number of hydrogen-bond acceptors (Lipinski definition) is 3. The van der Waals surface area contributed by atoms with Crippen molar-refractivity contribution < 1.29 is 4.79 Å².